The van der Waals surface area contributed by atoms with E-state index >= 15 is 0 Å². The van der Waals surface area contributed by atoms with E-state index in [1.807, 2.05) is 30.3 Å². The van der Waals surface area contributed by atoms with Crippen molar-refractivity contribution in [2.45, 2.75) is 20.4 Å². The number of benzene rings is 1. The molecule has 0 aliphatic heterocycles. The van der Waals surface area contributed by atoms with Crippen LogP contribution in [-0.2, 0) is 16.1 Å². The Morgan fingerprint density at radius 2 is 1.79 bits per heavy atom. The van der Waals surface area contributed by atoms with Crippen molar-refractivity contribution in [1.82, 2.24) is 10.6 Å². The van der Waals surface area contributed by atoms with E-state index in [-0.39, 0.29) is 24.2 Å². The summed E-state index contributed by atoms with van der Waals surface area (Å²) in [5.41, 5.74) is 0.352. The SMILES string of the molecule is CC(C)(CCl)C(=O)NCC(=O)NCc1ccccc1. The number of halogens is 1. The first-order valence-corrected chi connectivity index (χ1v) is 6.64. The molecule has 0 spiro atoms. The van der Waals surface area contributed by atoms with Crippen LogP contribution < -0.4 is 10.6 Å². The Bertz CT molecular complexity index is 432. The van der Waals surface area contributed by atoms with Gasteiger partial charge in [0.05, 0.1) is 12.0 Å². The van der Waals surface area contributed by atoms with Crippen molar-refractivity contribution in [1.29, 1.82) is 0 Å². The minimum absolute atomic E-state index is 0.0357. The highest BCUT2D eigenvalue weighted by atomic mass is 35.5. The molecule has 2 amide bonds. The van der Waals surface area contributed by atoms with E-state index < -0.39 is 5.41 Å². The third-order valence-corrected chi connectivity index (χ3v) is 3.36. The molecule has 1 rings (SSSR count). The molecule has 5 heteroatoms. The average molecular weight is 283 g/mol. The maximum absolute atomic E-state index is 11.7. The highest BCUT2D eigenvalue weighted by molar-refractivity contribution is 6.19. The van der Waals surface area contributed by atoms with Crippen molar-refractivity contribution in [3.8, 4) is 0 Å². The number of rotatable bonds is 6. The van der Waals surface area contributed by atoms with Crippen molar-refractivity contribution < 1.29 is 9.59 Å². The first kappa shape index (κ1) is 15.5. The summed E-state index contributed by atoms with van der Waals surface area (Å²) in [6.07, 6.45) is 0. The largest absolute Gasteiger partial charge is 0.350 e. The second kappa shape index (κ2) is 7.14. The number of nitrogens with one attached hydrogen (secondary N) is 2. The third-order valence-electron chi connectivity index (χ3n) is 2.69. The molecule has 0 aliphatic carbocycles. The summed E-state index contributed by atoms with van der Waals surface area (Å²) in [4.78, 5) is 23.3. The van der Waals surface area contributed by atoms with Crippen LogP contribution in [0.25, 0.3) is 0 Å². The molecule has 0 radical (unpaired) electrons. The standard InChI is InChI=1S/C14H19ClN2O2/c1-14(2,10-15)13(19)17-9-12(18)16-8-11-6-4-3-5-7-11/h3-7H,8-10H2,1-2H3,(H,16,18)(H,17,19). The zero-order chi connectivity index (χ0) is 14.3. The quantitative estimate of drug-likeness (QED) is 0.780. The molecule has 0 saturated carbocycles. The number of hydrogen-bond acceptors (Lipinski definition) is 2. The Kier molecular flexibility index (Phi) is 5.83. The molecule has 0 heterocycles. The number of amides is 2. The van der Waals surface area contributed by atoms with Gasteiger partial charge in [0.25, 0.3) is 0 Å². The molecule has 0 fully saturated rings. The van der Waals surface area contributed by atoms with Crippen LogP contribution in [-0.4, -0.2) is 24.2 Å². The Morgan fingerprint density at radius 3 is 2.37 bits per heavy atom. The van der Waals surface area contributed by atoms with Gasteiger partial charge in [-0.25, -0.2) is 0 Å². The smallest absolute Gasteiger partial charge is 0.239 e. The van der Waals surface area contributed by atoms with E-state index in [9.17, 15) is 9.59 Å². The number of hydrogen-bond donors (Lipinski definition) is 2. The van der Waals surface area contributed by atoms with Crippen LogP contribution >= 0.6 is 11.6 Å². The first-order valence-electron chi connectivity index (χ1n) is 6.10. The minimum Gasteiger partial charge on any atom is -0.350 e. The maximum atomic E-state index is 11.7. The average Bonchev–Trinajstić information content (AvgIpc) is 2.43. The van der Waals surface area contributed by atoms with Crippen LogP contribution in [0.15, 0.2) is 30.3 Å². The van der Waals surface area contributed by atoms with Gasteiger partial charge in [0, 0.05) is 12.4 Å². The Labute approximate surface area is 118 Å². The molecular formula is C14H19ClN2O2. The zero-order valence-electron chi connectivity index (χ0n) is 11.2. The van der Waals surface area contributed by atoms with Gasteiger partial charge in [0.2, 0.25) is 11.8 Å². The summed E-state index contributed by atoms with van der Waals surface area (Å²) in [5, 5.41) is 5.31. The van der Waals surface area contributed by atoms with E-state index in [1.54, 1.807) is 13.8 Å². The van der Waals surface area contributed by atoms with Crippen LogP contribution in [0.5, 0.6) is 0 Å². The molecule has 19 heavy (non-hydrogen) atoms. The van der Waals surface area contributed by atoms with Crippen molar-refractivity contribution in [3.63, 3.8) is 0 Å². The fourth-order valence-corrected chi connectivity index (χ4v) is 1.44. The Hall–Kier alpha value is -1.55. The summed E-state index contributed by atoms with van der Waals surface area (Å²) >= 11 is 5.68. The van der Waals surface area contributed by atoms with E-state index in [4.69, 9.17) is 11.6 Å². The molecule has 0 bridgehead atoms. The number of carbonyl (C=O) groups excluding carboxylic acids is 2. The van der Waals surface area contributed by atoms with Gasteiger partial charge in [-0.05, 0) is 19.4 Å². The lowest BCUT2D eigenvalue weighted by Gasteiger charge is -2.20. The lowest BCUT2D eigenvalue weighted by Crippen LogP contribution is -2.43. The maximum Gasteiger partial charge on any atom is 0.239 e. The van der Waals surface area contributed by atoms with Crippen LogP contribution in [0.2, 0.25) is 0 Å². The van der Waals surface area contributed by atoms with Crippen LogP contribution in [0.1, 0.15) is 19.4 Å². The van der Waals surface area contributed by atoms with Crippen molar-refractivity contribution in [2.75, 3.05) is 12.4 Å². The Balaban J connectivity index is 2.31. The molecule has 0 aromatic heterocycles. The van der Waals surface area contributed by atoms with Gasteiger partial charge < -0.3 is 10.6 Å². The summed E-state index contributed by atoms with van der Waals surface area (Å²) < 4.78 is 0. The van der Waals surface area contributed by atoms with Gasteiger partial charge in [-0.3, -0.25) is 9.59 Å². The monoisotopic (exact) mass is 282 g/mol. The topological polar surface area (TPSA) is 58.2 Å². The predicted molar refractivity (Wildman–Crippen MR) is 75.8 cm³/mol. The molecular weight excluding hydrogens is 264 g/mol. The van der Waals surface area contributed by atoms with Gasteiger partial charge in [0.15, 0.2) is 0 Å². The second-order valence-electron chi connectivity index (χ2n) is 4.96. The molecule has 0 aliphatic rings. The molecule has 1 aromatic rings. The van der Waals surface area contributed by atoms with Gasteiger partial charge in [-0.2, -0.15) is 0 Å². The van der Waals surface area contributed by atoms with Crippen LogP contribution in [0, 0.1) is 5.41 Å². The van der Waals surface area contributed by atoms with Gasteiger partial charge in [-0.15, -0.1) is 11.6 Å². The van der Waals surface area contributed by atoms with Crippen molar-refractivity contribution in [3.05, 3.63) is 35.9 Å². The van der Waals surface area contributed by atoms with Gasteiger partial charge >= 0.3 is 0 Å². The summed E-state index contributed by atoms with van der Waals surface area (Å²) in [5.74, 6) is -0.232. The van der Waals surface area contributed by atoms with Crippen LogP contribution in [0.3, 0.4) is 0 Å². The summed E-state index contributed by atoms with van der Waals surface area (Å²) in [7, 11) is 0. The molecule has 2 N–H and O–H groups in total. The molecule has 0 unspecified atom stereocenters. The van der Waals surface area contributed by atoms with E-state index in [0.717, 1.165) is 5.56 Å². The zero-order valence-corrected chi connectivity index (χ0v) is 12.0. The van der Waals surface area contributed by atoms with Gasteiger partial charge in [0.1, 0.15) is 0 Å². The van der Waals surface area contributed by atoms with Crippen molar-refractivity contribution in [2.24, 2.45) is 5.41 Å². The minimum atomic E-state index is -0.665. The van der Waals surface area contributed by atoms with E-state index in [0.29, 0.717) is 6.54 Å². The lowest BCUT2D eigenvalue weighted by atomic mass is 9.95. The normalized spacial score (nSPS) is 10.9. The molecule has 104 valence electrons. The van der Waals surface area contributed by atoms with Crippen LogP contribution in [0.4, 0.5) is 0 Å². The third kappa shape index (κ3) is 5.30. The fourth-order valence-electron chi connectivity index (χ4n) is 1.32. The predicted octanol–water partition coefficient (Wildman–Crippen LogP) is 1.68. The van der Waals surface area contributed by atoms with E-state index in [2.05, 4.69) is 10.6 Å². The Morgan fingerprint density at radius 1 is 1.16 bits per heavy atom. The highest BCUT2D eigenvalue weighted by Crippen LogP contribution is 2.16. The molecule has 4 nitrogen and oxygen atoms in total. The van der Waals surface area contributed by atoms with E-state index in [1.165, 1.54) is 0 Å². The second-order valence-corrected chi connectivity index (χ2v) is 5.23. The number of carbonyl (C=O) groups is 2. The fraction of sp³-hybridized carbons (Fsp3) is 0.429. The van der Waals surface area contributed by atoms with Crippen molar-refractivity contribution >= 4 is 23.4 Å². The molecule has 0 saturated heterocycles. The summed E-state index contributed by atoms with van der Waals surface area (Å²) in [6, 6.07) is 9.59. The first-order chi connectivity index (χ1) is 8.95. The van der Waals surface area contributed by atoms with Gasteiger partial charge in [-0.1, -0.05) is 30.3 Å². The molecule has 0 atom stereocenters. The summed E-state index contributed by atoms with van der Waals surface area (Å²) in [6.45, 7) is 3.88. The highest BCUT2D eigenvalue weighted by Gasteiger charge is 2.26. The number of alkyl halides is 1. The lowest BCUT2D eigenvalue weighted by molar-refractivity contribution is -0.131. The molecule has 1 aromatic carbocycles.